The topological polar surface area (TPSA) is 24.9 Å². The summed E-state index contributed by atoms with van der Waals surface area (Å²) in [4.78, 5) is 5.72. The van der Waals surface area contributed by atoms with Crippen LogP contribution in [-0.2, 0) is 0 Å². The third kappa shape index (κ3) is 2.99. The summed E-state index contributed by atoms with van der Waals surface area (Å²) < 4.78 is 1.21. The van der Waals surface area contributed by atoms with E-state index in [1.54, 1.807) is 11.3 Å². The summed E-state index contributed by atoms with van der Waals surface area (Å²) in [7, 11) is 0. The van der Waals surface area contributed by atoms with E-state index in [0.717, 1.165) is 12.2 Å². The van der Waals surface area contributed by atoms with Gasteiger partial charge in [0.25, 0.3) is 0 Å². The lowest BCUT2D eigenvalue weighted by Gasteiger charge is -2.16. The first-order valence-corrected chi connectivity index (χ1v) is 7.64. The molecule has 2 aromatic rings. The van der Waals surface area contributed by atoms with Crippen molar-refractivity contribution in [2.24, 2.45) is 0 Å². The van der Waals surface area contributed by atoms with E-state index in [2.05, 4.69) is 58.3 Å². The minimum Gasteiger partial charge on any atom is -0.306 e. The largest absolute Gasteiger partial charge is 0.306 e. The van der Waals surface area contributed by atoms with E-state index in [-0.39, 0.29) is 6.04 Å². The molecule has 1 N–H and O–H groups in total. The molecule has 18 heavy (non-hydrogen) atoms. The number of hydrogen-bond donors (Lipinski definition) is 1. The van der Waals surface area contributed by atoms with E-state index in [4.69, 9.17) is 0 Å². The van der Waals surface area contributed by atoms with Crippen molar-refractivity contribution in [1.82, 2.24) is 10.3 Å². The molecule has 2 aromatic heterocycles. The van der Waals surface area contributed by atoms with Crippen LogP contribution in [0.3, 0.4) is 0 Å². The number of hydrogen-bond acceptors (Lipinski definition) is 3. The number of nitrogens with zero attached hydrogens (tertiary/aromatic N) is 1. The van der Waals surface area contributed by atoms with Gasteiger partial charge >= 0.3 is 0 Å². The molecule has 96 valence electrons. The number of rotatable bonds is 4. The fourth-order valence-corrected chi connectivity index (χ4v) is 3.54. The fraction of sp³-hybridized carbons (Fsp3) is 0.357. The van der Waals surface area contributed by atoms with Crippen molar-refractivity contribution >= 4 is 27.3 Å². The number of nitrogens with one attached hydrogen (secondary N) is 1. The summed E-state index contributed by atoms with van der Waals surface area (Å²) in [5.41, 5.74) is 3.56. The Hall–Kier alpha value is -0.710. The first kappa shape index (κ1) is 13.7. The Balaban J connectivity index is 2.36. The maximum absolute atomic E-state index is 4.39. The van der Waals surface area contributed by atoms with E-state index < -0.39 is 0 Å². The number of aromatic nitrogens is 1. The normalized spacial score (nSPS) is 12.7. The molecular formula is C14H17BrN2S. The Labute approximate surface area is 121 Å². The van der Waals surface area contributed by atoms with Gasteiger partial charge in [0.05, 0.1) is 9.83 Å². The highest BCUT2D eigenvalue weighted by molar-refractivity contribution is 9.11. The summed E-state index contributed by atoms with van der Waals surface area (Å²) in [5.74, 6) is 0. The minimum atomic E-state index is 0.234. The van der Waals surface area contributed by atoms with Gasteiger partial charge in [0.1, 0.15) is 0 Å². The average molecular weight is 325 g/mol. The van der Waals surface area contributed by atoms with Crippen molar-refractivity contribution in [3.8, 4) is 0 Å². The molecule has 1 unspecified atom stereocenters. The zero-order chi connectivity index (χ0) is 13.1. The molecule has 0 saturated heterocycles. The Kier molecular flexibility index (Phi) is 4.54. The molecule has 2 nitrogen and oxygen atoms in total. The van der Waals surface area contributed by atoms with Gasteiger partial charge in [-0.1, -0.05) is 13.0 Å². The lowest BCUT2D eigenvalue weighted by atomic mass is 10.1. The van der Waals surface area contributed by atoms with Gasteiger partial charge < -0.3 is 5.32 Å². The van der Waals surface area contributed by atoms with Crippen molar-refractivity contribution in [3.63, 3.8) is 0 Å². The van der Waals surface area contributed by atoms with Gasteiger partial charge in [-0.2, -0.15) is 0 Å². The Morgan fingerprint density at radius 2 is 2.17 bits per heavy atom. The molecule has 0 bridgehead atoms. The van der Waals surface area contributed by atoms with E-state index >= 15 is 0 Å². The Bertz CT molecular complexity index is 500. The predicted molar refractivity (Wildman–Crippen MR) is 81.2 cm³/mol. The summed E-state index contributed by atoms with van der Waals surface area (Å²) in [6.45, 7) is 7.20. The van der Waals surface area contributed by atoms with Crippen molar-refractivity contribution in [3.05, 3.63) is 49.9 Å². The first-order valence-electron chi connectivity index (χ1n) is 6.03. The molecule has 0 spiro atoms. The molecule has 0 aliphatic rings. The molecule has 0 aliphatic carbocycles. The first-order chi connectivity index (χ1) is 8.61. The molecule has 0 fully saturated rings. The standard InChI is InChI=1S/C14H17BrN2S/c1-4-16-13(11-6-5-10(3)17-8-11)12-7-9(2)14(15)18-12/h5-8,13,16H,4H2,1-3H3. The van der Waals surface area contributed by atoms with Gasteiger partial charge in [0, 0.05) is 16.8 Å². The summed E-state index contributed by atoms with van der Waals surface area (Å²) in [6.07, 6.45) is 1.96. The molecule has 1 atom stereocenters. The molecule has 0 radical (unpaired) electrons. The second-order valence-corrected chi connectivity index (χ2v) is 6.73. The summed E-state index contributed by atoms with van der Waals surface area (Å²) in [6, 6.07) is 6.69. The number of halogens is 1. The van der Waals surface area contributed by atoms with Gasteiger partial charge in [0.15, 0.2) is 0 Å². The summed E-state index contributed by atoms with van der Waals surface area (Å²) in [5, 5.41) is 3.52. The lowest BCUT2D eigenvalue weighted by molar-refractivity contribution is 0.637. The highest BCUT2D eigenvalue weighted by Gasteiger charge is 2.16. The molecule has 0 amide bonds. The average Bonchev–Trinajstić information content (AvgIpc) is 2.68. The van der Waals surface area contributed by atoms with Crippen LogP contribution in [0.5, 0.6) is 0 Å². The second-order valence-electron chi connectivity index (χ2n) is 4.33. The predicted octanol–water partition coefficient (Wildman–Crippen LogP) is 4.22. The van der Waals surface area contributed by atoms with Gasteiger partial charge in [-0.15, -0.1) is 11.3 Å². The number of thiophene rings is 1. The maximum atomic E-state index is 4.39. The smallest absolute Gasteiger partial charge is 0.0731 e. The van der Waals surface area contributed by atoms with Crippen LogP contribution in [0, 0.1) is 13.8 Å². The van der Waals surface area contributed by atoms with Crippen molar-refractivity contribution in [2.45, 2.75) is 26.8 Å². The van der Waals surface area contributed by atoms with Crippen molar-refractivity contribution in [2.75, 3.05) is 6.54 Å². The van der Waals surface area contributed by atoms with Crippen LogP contribution in [0.25, 0.3) is 0 Å². The second kappa shape index (κ2) is 5.95. The van der Waals surface area contributed by atoms with Crippen LogP contribution in [-0.4, -0.2) is 11.5 Å². The van der Waals surface area contributed by atoms with Gasteiger partial charge in [-0.05, 0) is 59.6 Å². The minimum absolute atomic E-state index is 0.234. The Morgan fingerprint density at radius 1 is 1.39 bits per heavy atom. The molecule has 2 heterocycles. The third-order valence-corrected chi connectivity index (χ3v) is 5.04. The van der Waals surface area contributed by atoms with Gasteiger partial charge in [-0.25, -0.2) is 0 Å². The van der Waals surface area contributed by atoms with Gasteiger partial charge in [-0.3, -0.25) is 4.98 Å². The van der Waals surface area contributed by atoms with Crippen molar-refractivity contribution < 1.29 is 0 Å². The molecule has 4 heteroatoms. The zero-order valence-electron chi connectivity index (χ0n) is 10.8. The van der Waals surface area contributed by atoms with Gasteiger partial charge in [0.2, 0.25) is 0 Å². The van der Waals surface area contributed by atoms with E-state index in [0.29, 0.717) is 0 Å². The van der Waals surface area contributed by atoms with Crippen molar-refractivity contribution in [1.29, 1.82) is 0 Å². The van der Waals surface area contributed by atoms with E-state index in [1.165, 1.54) is 19.8 Å². The third-order valence-electron chi connectivity index (χ3n) is 2.84. The molecule has 0 saturated carbocycles. The number of pyridine rings is 1. The maximum Gasteiger partial charge on any atom is 0.0731 e. The van der Waals surface area contributed by atoms with Crippen LogP contribution < -0.4 is 5.32 Å². The zero-order valence-corrected chi connectivity index (χ0v) is 13.2. The quantitative estimate of drug-likeness (QED) is 0.910. The van der Waals surface area contributed by atoms with E-state index in [9.17, 15) is 0 Å². The van der Waals surface area contributed by atoms with Crippen LogP contribution in [0.4, 0.5) is 0 Å². The lowest BCUT2D eigenvalue weighted by Crippen LogP contribution is -2.21. The highest BCUT2D eigenvalue weighted by Crippen LogP contribution is 2.34. The van der Waals surface area contributed by atoms with Crippen LogP contribution in [0.15, 0.2) is 28.2 Å². The van der Waals surface area contributed by atoms with Crippen LogP contribution >= 0.6 is 27.3 Å². The highest BCUT2D eigenvalue weighted by atomic mass is 79.9. The molecule has 2 rings (SSSR count). The summed E-state index contributed by atoms with van der Waals surface area (Å²) >= 11 is 5.38. The van der Waals surface area contributed by atoms with Crippen LogP contribution in [0.1, 0.15) is 34.7 Å². The molecule has 0 aliphatic heterocycles. The van der Waals surface area contributed by atoms with Crippen LogP contribution in [0.2, 0.25) is 0 Å². The van der Waals surface area contributed by atoms with E-state index in [1.807, 2.05) is 13.1 Å². The molecular weight excluding hydrogens is 308 g/mol. The number of aryl methyl sites for hydroxylation is 2. The molecule has 0 aromatic carbocycles. The fourth-order valence-electron chi connectivity index (χ4n) is 1.86. The Morgan fingerprint density at radius 3 is 2.67 bits per heavy atom. The monoisotopic (exact) mass is 324 g/mol. The SMILES string of the molecule is CCNC(c1ccc(C)nc1)c1cc(C)c(Br)s1.